The molecule has 0 spiro atoms. The van der Waals surface area contributed by atoms with Gasteiger partial charge in [0.2, 0.25) is 6.08 Å². The van der Waals surface area contributed by atoms with E-state index in [4.69, 9.17) is 11.1 Å². The van der Waals surface area contributed by atoms with Crippen LogP contribution in [0.25, 0.3) is 0 Å². The van der Waals surface area contributed by atoms with Gasteiger partial charge in [-0.2, -0.15) is 11.1 Å². The summed E-state index contributed by atoms with van der Waals surface area (Å²) < 4.78 is 0. The molecule has 0 heterocycles. The number of aliphatic imine (C=N–C) groups is 1. The van der Waals surface area contributed by atoms with Crippen molar-refractivity contribution in [1.29, 1.82) is 0 Å². The van der Waals surface area contributed by atoms with E-state index in [-0.39, 0.29) is 5.67 Å². The van der Waals surface area contributed by atoms with Crippen molar-refractivity contribution in [2.75, 3.05) is 0 Å². The molecular formula is C6H12ClNOSi. The zero-order chi connectivity index (χ0) is 8.20. The Bertz CT molecular complexity index is 148. The molecule has 1 atom stereocenters. The van der Waals surface area contributed by atoms with Gasteiger partial charge in [0.1, 0.15) is 0 Å². The second-order valence-electron chi connectivity index (χ2n) is 2.71. The minimum atomic E-state index is -1.76. The van der Waals surface area contributed by atoms with E-state index < -0.39 is 7.38 Å². The van der Waals surface area contributed by atoms with Gasteiger partial charge in [0.15, 0.2) is 7.38 Å². The minimum Gasteiger partial charge on any atom is -0.211 e. The van der Waals surface area contributed by atoms with Gasteiger partial charge in [0.25, 0.3) is 0 Å². The van der Waals surface area contributed by atoms with Crippen molar-refractivity contribution in [2.24, 2.45) is 4.99 Å². The first-order chi connectivity index (χ1) is 4.52. The van der Waals surface area contributed by atoms with Crippen LogP contribution in [0, 0.1) is 0 Å². The fourth-order valence-corrected chi connectivity index (χ4v) is 2.73. The Balaban J connectivity index is 4.20. The Morgan fingerprint density at radius 2 is 2.20 bits per heavy atom. The van der Waals surface area contributed by atoms with Crippen molar-refractivity contribution in [1.82, 2.24) is 0 Å². The van der Waals surface area contributed by atoms with E-state index >= 15 is 0 Å². The fourth-order valence-electron chi connectivity index (χ4n) is 0.794. The summed E-state index contributed by atoms with van der Waals surface area (Å²) in [6.07, 6.45) is 2.38. The summed E-state index contributed by atoms with van der Waals surface area (Å²) >= 11 is 6.04. The summed E-state index contributed by atoms with van der Waals surface area (Å²) in [7, 11) is -1.76. The van der Waals surface area contributed by atoms with Gasteiger partial charge in [-0.3, -0.25) is 0 Å². The summed E-state index contributed by atoms with van der Waals surface area (Å²) in [5, 5.41) is 0. The highest BCUT2D eigenvalue weighted by Crippen LogP contribution is 2.18. The van der Waals surface area contributed by atoms with Gasteiger partial charge in [-0.05, 0) is 6.42 Å². The van der Waals surface area contributed by atoms with Gasteiger partial charge >= 0.3 is 0 Å². The van der Waals surface area contributed by atoms with Gasteiger partial charge in [-0.1, -0.05) is 20.0 Å². The highest BCUT2D eigenvalue weighted by Gasteiger charge is 2.27. The lowest BCUT2D eigenvalue weighted by molar-refractivity contribution is 0.561. The molecule has 0 aromatic heterocycles. The number of isocyanates is 1. The SMILES string of the molecule is CC[C@@H](N=C=O)[Si](C)(C)Cl. The Morgan fingerprint density at radius 3 is 2.30 bits per heavy atom. The van der Waals surface area contributed by atoms with E-state index in [0.29, 0.717) is 0 Å². The van der Waals surface area contributed by atoms with Crippen LogP contribution in [0.15, 0.2) is 4.99 Å². The van der Waals surface area contributed by atoms with Crippen LogP contribution in [0.1, 0.15) is 13.3 Å². The lowest BCUT2D eigenvalue weighted by Crippen LogP contribution is -2.33. The topological polar surface area (TPSA) is 29.4 Å². The number of hydrogen-bond acceptors (Lipinski definition) is 2. The van der Waals surface area contributed by atoms with Crippen molar-refractivity contribution >= 4 is 24.5 Å². The lowest BCUT2D eigenvalue weighted by atomic mass is 10.5. The molecule has 0 radical (unpaired) electrons. The number of rotatable bonds is 3. The van der Waals surface area contributed by atoms with Gasteiger partial charge in [0.05, 0.1) is 5.67 Å². The number of carbonyl (C=O) groups excluding carboxylic acids is 1. The normalized spacial score (nSPS) is 14.0. The predicted molar refractivity (Wildman–Crippen MR) is 45.5 cm³/mol. The van der Waals surface area contributed by atoms with E-state index in [9.17, 15) is 4.79 Å². The Labute approximate surface area is 67.0 Å². The lowest BCUT2D eigenvalue weighted by Gasteiger charge is -2.18. The summed E-state index contributed by atoms with van der Waals surface area (Å²) in [6.45, 7) is 5.93. The maximum atomic E-state index is 9.89. The molecule has 0 aliphatic heterocycles. The third-order valence-electron chi connectivity index (χ3n) is 1.39. The van der Waals surface area contributed by atoms with Gasteiger partial charge in [-0.15, -0.1) is 0 Å². The molecule has 0 aromatic rings. The Hall–Kier alpha value is -0.113. The molecule has 0 aliphatic rings. The van der Waals surface area contributed by atoms with Gasteiger partial charge in [0, 0.05) is 0 Å². The fraction of sp³-hybridized carbons (Fsp3) is 0.833. The predicted octanol–water partition coefficient (Wildman–Crippen LogP) is 2.08. The Morgan fingerprint density at radius 1 is 1.70 bits per heavy atom. The first-order valence-electron chi connectivity index (χ1n) is 3.28. The number of halogens is 1. The van der Waals surface area contributed by atoms with E-state index in [0.717, 1.165) is 6.42 Å². The van der Waals surface area contributed by atoms with Crippen molar-refractivity contribution in [2.45, 2.75) is 32.1 Å². The van der Waals surface area contributed by atoms with Crippen LogP contribution >= 0.6 is 11.1 Å². The van der Waals surface area contributed by atoms with E-state index in [1.807, 2.05) is 20.0 Å². The highest BCUT2D eigenvalue weighted by molar-refractivity contribution is 7.19. The third-order valence-corrected chi connectivity index (χ3v) is 4.27. The van der Waals surface area contributed by atoms with Crippen LogP contribution in [-0.4, -0.2) is 19.1 Å². The monoisotopic (exact) mass is 177 g/mol. The standard InChI is InChI=1S/C6H12ClNOSi/c1-4-6(8-5-9)10(2,3)7/h6H,4H2,1-3H3/t6-/m0/s1. The van der Waals surface area contributed by atoms with Crippen molar-refractivity contribution < 1.29 is 4.79 Å². The molecule has 0 N–H and O–H groups in total. The summed E-state index contributed by atoms with van der Waals surface area (Å²) in [5.74, 6) is 0. The molecule has 2 nitrogen and oxygen atoms in total. The van der Waals surface area contributed by atoms with Crippen LogP contribution in [0.5, 0.6) is 0 Å². The number of nitrogens with zero attached hydrogens (tertiary/aromatic N) is 1. The van der Waals surface area contributed by atoms with Crippen LogP contribution in [-0.2, 0) is 4.79 Å². The zero-order valence-corrected chi connectivity index (χ0v) is 8.27. The molecule has 0 unspecified atom stereocenters. The van der Waals surface area contributed by atoms with Gasteiger partial charge < -0.3 is 0 Å². The maximum Gasteiger partial charge on any atom is 0.234 e. The first-order valence-corrected chi connectivity index (χ1v) is 7.37. The summed E-state index contributed by atoms with van der Waals surface area (Å²) in [6, 6.07) is 0. The van der Waals surface area contributed by atoms with Crippen LogP contribution < -0.4 is 0 Å². The molecule has 0 saturated heterocycles. The summed E-state index contributed by atoms with van der Waals surface area (Å²) in [4.78, 5) is 13.5. The van der Waals surface area contributed by atoms with Crippen LogP contribution in [0.3, 0.4) is 0 Å². The van der Waals surface area contributed by atoms with Gasteiger partial charge in [-0.25, -0.2) is 9.79 Å². The average molecular weight is 178 g/mol. The van der Waals surface area contributed by atoms with E-state index in [1.54, 1.807) is 6.08 Å². The summed E-state index contributed by atoms with van der Waals surface area (Å²) in [5.41, 5.74) is 0.0201. The molecule has 0 fully saturated rings. The second kappa shape index (κ2) is 3.91. The quantitative estimate of drug-likeness (QED) is 0.281. The molecule has 10 heavy (non-hydrogen) atoms. The molecule has 0 saturated carbocycles. The zero-order valence-electron chi connectivity index (χ0n) is 6.52. The maximum absolute atomic E-state index is 9.89. The number of hydrogen-bond donors (Lipinski definition) is 0. The molecule has 0 rings (SSSR count). The van der Waals surface area contributed by atoms with Crippen molar-refractivity contribution in [3.05, 3.63) is 0 Å². The second-order valence-corrected chi connectivity index (χ2v) is 9.43. The van der Waals surface area contributed by atoms with Crippen LogP contribution in [0.4, 0.5) is 0 Å². The van der Waals surface area contributed by atoms with Crippen molar-refractivity contribution in [3.8, 4) is 0 Å². The third kappa shape index (κ3) is 3.16. The Kier molecular flexibility index (Phi) is 3.87. The molecule has 0 aromatic carbocycles. The van der Waals surface area contributed by atoms with E-state index in [1.165, 1.54) is 0 Å². The molecular weight excluding hydrogens is 166 g/mol. The molecule has 0 bridgehead atoms. The molecule has 4 heteroatoms. The molecule has 0 amide bonds. The smallest absolute Gasteiger partial charge is 0.211 e. The average Bonchev–Trinajstić information content (AvgIpc) is 1.80. The highest BCUT2D eigenvalue weighted by atomic mass is 35.6. The first kappa shape index (κ1) is 9.89. The molecule has 0 aliphatic carbocycles. The van der Waals surface area contributed by atoms with E-state index in [2.05, 4.69) is 4.99 Å². The largest absolute Gasteiger partial charge is 0.234 e. The van der Waals surface area contributed by atoms with Crippen LogP contribution in [0.2, 0.25) is 13.1 Å². The van der Waals surface area contributed by atoms with Crippen molar-refractivity contribution in [3.63, 3.8) is 0 Å². The minimum absolute atomic E-state index is 0.0201. The molecule has 58 valence electrons.